The average molecular weight is 205 g/mol. The van der Waals surface area contributed by atoms with Gasteiger partial charge in [-0.2, -0.15) is 0 Å². The molecule has 0 nitrogen and oxygen atoms in total. The molecule has 1 radical (unpaired) electrons. The van der Waals surface area contributed by atoms with Crippen LogP contribution in [0.4, 0.5) is 0 Å². The zero-order chi connectivity index (χ0) is 10.8. The molecule has 15 heavy (non-hydrogen) atoms. The van der Waals surface area contributed by atoms with Gasteiger partial charge in [0, 0.05) is 0 Å². The Morgan fingerprint density at radius 2 is 1.80 bits per heavy atom. The molecule has 1 rings (SSSR count). The summed E-state index contributed by atoms with van der Waals surface area (Å²) in [6.07, 6.45) is 21.3. The SMILES string of the molecule is CCC/C1=C\[CH]CCCCCC/C=C/C1. The normalized spacial score (nSPS) is 25.8. The van der Waals surface area contributed by atoms with Gasteiger partial charge < -0.3 is 0 Å². The molecule has 0 spiro atoms. The summed E-state index contributed by atoms with van der Waals surface area (Å²) in [5.41, 5.74) is 1.61. The quantitative estimate of drug-likeness (QED) is 0.542. The lowest BCUT2D eigenvalue weighted by atomic mass is 10.0. The third-order valence-corrected chi connectivity index (χ3v) is 2.96. The molecule has 0 saturated heterocycles. The van der Waals surface area contributed by atoms with Gasteiger partial charge in [0.25, 0.3) is 0 Å². The van der Waals surface area contributed by atoms with Crippen molar-refractivity contribution in [2.75, 3.05) is 0 Å². The zero-order valence-electron chi connectivity index (χ0n) is 10.2. The summed E-state index contributed by atoms with van der Waals surface area (Å²) in [6.45, 7) is 2.26. The number of rotatable bonds is 2. The standard InChI is InChI=1S/C15H25/c1-2-12-15-13-10-8-6-4-3-5-7-9-11-14-15/h8,10-11,14H,2-7,9,12-13H2,1H3/b10-8+,15-14+. The van der Waals surface area contributed by atoms with Crippen molar-refractivity contribution in [2.24, 2.45) is 0 Å². The molecule has 0 fully saturated rings. The topological polar surface area (TPSA) is 0 Å². The van der Waals surface area contributed by atoms with Gasteiger partial charge in [0.05, 0.1) is 0 Å². The van der Waals surface area contributed by atoms with E-state index in [9.17, 15) is 0 Å². The van der Waals surface area contributed by atoms with Crippen molar-refractivity contribution in [2.45, 2.75) is 64.7 Å². The minimum Gasteiger partial charge on any atom is -0.0882 e. The lowest BCUT2D eigenvalue weighted by Gasteiger charge is -2.05. The van der Waals surface area contributed by atoms with Gasteiger partial charge >= 0.3 is 0 Å². The second-order valence-electron chi connectivity index (χ2n) is 4.48. The predicted molar refractivity (Wildman–Crippen MR) is 68.8 cm³/mol. The Morgan fingerprint density at radius 3 is 2.60 bits per heavy atom. The van der Waals surface area contributed by atoms with Crippen LogP contribution in [0.5, 0.6) is 0 Å². The Bertz CT molecular complexity index is 198. The second-order valence-corrected chi connectivity index (χ2v) is 4.48. The summed E-state index contributed by atoms with van der Waals surface area (Å²) in [7, 11) is 0. The summed E-state index contributed by atoms with van der Waals surface area (Å²) in [5.74, 6) is 0. The minimum absolute atomic E-state index is 1.17. The molecule has 0 atom stereocenters. The van der Waals surface area contributed by atoms with Crippen molar-refractivity contribution in [3.63, 3.8) is 0 Å². The molecule has 0 heteroatoms. The third kappa shape index (κ3) is 6.54. The first-order valence-corrected chi connectivity index (χ1v) is 6.59. The van der Waals surface area contributed by atoms with Crippen LogP contribution in [0, 0.1) is 6.42 Å². The molecule has 1 aliphatic rings. The van der Waals surface area contributed by atoms with Gasteiger partial charge in [-0.3, -0.25) is 0 Å². The Balaban J connectivity index is 2.40. The lowest BCUT2D eigenvalue weighted by molar-refractivity contribution is 0.644. The molecule has 0 bridgehead atoms. The molecule has 0 aromatic carbocycles. The van der Waals surface area contributed by atoms with Gasteiger partial charge in [0.2, 0.25) is 0 Å². The maximum atomic E-state index is 2.38. The first-order valence-electron chi connectivity index (χ1n) is 6.59. The molecular weight excluding hydrogens is 180 g/mol. The van der Waals surface area contributed by atoms with Crippen LogP contribution in [0.1, 0.15) is 64.7 Å². The monoisotopic (exact) mass is 205 g/mol. The fourth-order valence-corrected chi connectivity index (χ4v) is 2.06. The van der Waals surface area contributed by atoms with E-state index in [0.29, 0.717) is 0 Å². The van der Waals surface area contributed by atoms with E-state index in [1.54, 1.807) is 5.57 Å². The van der Waals surface area contributed by atoms with Gasteiger partial charge in [-0.15, -0.1) is 0 Å². The smallest absolute Gasteiger partial charge is 0.0139 e. The molecule has 0 aromatic rings. The van der Waals surface area contributed by atoms with E-state index in [2.05, 4.69) is 31.6 Å². The summed E-state index contributed by atoms with van der Waals surface area (Å²) < 4.78 is 0. The first-order chi connectivity index (χ1) is 7.43. The minimum atomic E-state index is 1.17. The zero-order valence-corrected chi connectivity index (χ0v) is 10.2. The van der Waals surface area contributed by atoms with Gasteiger partial charge in [-0.05, 0) is 38.5 Å². The van der Waals surface area contributed by atoms with Gasteiger partial charge in [0.15, 0.2) is 0 Å². The van der Waals surface area contributed by atoms with E-state index in [0.717, 1.165) is 0 Å². The first kappa shape index (κ1) is 12.5. The number of allylic oxidation sites excluding steroid dienone is 4. The van der Waals surface area contributed by atoms with E-state index in [1.165, 1.54) is 57.8 Å². The molecule has 0 aromatic heterocycles. The van der Waals surface area contributed by atoms with Crippen molar-refractivity contribution >= 4 is 0 Å². The van der Waals surface area contributed by atoms with Gasteiger partial charge in [-0.25, -0.2) is 0 Å². The number of hydrogen-bond donors (Lipinski definition) is 0. The molecule has 0 heterocycles. The van der Waals surface area contributed by atoms with Gasteiger partial charge in [0.1, 0.15) is 0 Å². The summed E-state index contributed by atoms with van der Waals surface area (Å²) >= 11 is 0. The van der Waals surface area contributed by atoms with Crippen molar-refractivity contribution in [3.8, 4) is 0 Å². The Hall–Kier alpha value is -0.520. The Morgan fingerprint density at radius 1 is 1.00 bits per heavy atom. The molecule has 85 valence electrons. The largest absolute Gasteiger partial charge is 0.0882 e. The summed E-state index contributed by atoms with van der Waals surface area (Å²) in [6, 6.07) is 0. The molecule has 0 aliphatic heterocycles. The molecule has 0 amide bonds. The molecule has 1 aliphatic carbocycles. The molecule has 0 unspecified atom stereocenters. The van der Waals surface area contributed by atoms with Gasteiger partial charge in [-0.1, -0.05) is 56.4 Å². The Kier molecular flexibility index (Phi) is 7.33. The highest BCUT2D eigenvalue weighted by Crippen LogP contribution is 2.15. The summed E-state index contributed by atoms with van der Waals surface area (Å²) in [5, 5.41) is 0. The maximum absolute atomic E-state index is 2.38. The molecular formula is C15H25. The van der Waals surface area contributed by atoms with E-state index in [1.807, 2.05) is 0 Å². The Labute approximate surface area is 95.5 Å². The van der Waals surface area contributed by atoms with E-state index >= 15 is 0 Å². The van der Waals surface area contributed by atoms with Crippen molar-refractivity contribution < 1.29 is 0 Å². The predicted octanol–water partition coefficient (Wildman–Crippen LogP) is 5.22. The molecule has 0 N–H and O–H groups in total. The van der Waals surface area contributed by atoms with Crippen molar-refractivity contribution in [3.05, 3.63) is 30.2 Å². The summed E-state index contributed by atoms with van der Waals surface area (Å²) in [4.78, 5) is 0. The highest BCUT2D eigenvalue weighted by Gasteiger charge is 1.96. The van der Waals surface area contributed by atoms with E-state index in [4.69, 9.17) is 0 Å². The van der Waals surface area contributed by atoms with Crippen molar-refractivity contribution in [1.82, 2.24) is 0 Å². The van der Waals surface area contributed by atoms with Crippen LogP contribution < -0.4 is 0 Å². The van der Waals surface area contributed by atoms with Crippen LogP contribution >= 0.6 is 0 Å². The van der Waals surface area contributed by atoms with E-state index in [-0.39, 0.29) is 0 Å². The lowest BCUT2D eigenvalue weighted by Crippen LogP contribution is -1.85. The fourth-order valence-electron chi connectivity index (χ4n) is 2.06. The fraction of sp³-hybridized carbons (Fsp3) is 0.667. The maximum Gasteiger partial charge on any atom is -0.0139 e. The van der Waals surface area contributed by atoms with Crippen LogP contribution in [-0.2, 0) is 0 Å². The van der Waals surface area contributed by atoms with Crippen molar-refractivity contribution in [1.29, 1.82) is 0 Å². The second kappa shape index (κ2) is 8.76. The highest BCUT2D eigenvalue weighted by molar-refractivity contribution is 5.12. The molecule has 0 saturated carbocycles. The average Bonchev–Trinajstić information content (AvgIpc) is 2.22. The van der Waals surface area contributed by atoms with Crippen LogP contribution in [0.25, 0.3) is 0 Å². The van der Waals surface area contributed by atoms with E-state index < -0.39 is 0 Å². The van der Waals surface area contributed by atoms with Crippen LogP contribution in [0.3, 0.4) is 0 Å². The highest BCUT2D eigenvalue weighted by atomic mass is 14.0. The van der Waals surface area contributed by atoms with Crippen LogP contribution in [-0.4, -0.2) is 0 Å². The van der Waals surface area contributed by atoms with Crippen LogP contribution in [0.15, 0.2) is 23.8 Å². The van der Waals surface area contributed by atoms with Crippen LogP contribution in [0.2, 0.25) is 0 Å². The number of hydrogen-bond acceptors (Lipinski definition) is 0. The third-order valence-electron chi connectivity index (χ3n) is 2.96.